The fourth-order valence-corrected chi connectivity index (χ4v) is 2.57. The molecule has 4 nitrogen and oxygen atoms in total. The van der Waals surface area contributed by atoms with Gasteiger partial charge in [0, 0.05) is 11.1 Å². The van der Waals surface area contributed by atoms with Crippen molar-refractivity contribution in [3.05, 3.63) is 64.7 Å². The highest BCUT2D eigenvalue weighted by Gasteiger charge is 2.31. The van der Waals surface area contributed by atoms with Crippen LogP contribution in [0.3, 0.4) is 0 Å². The third-order valence-electron chi connectivity index (χ3n) is 3.78. The van der Waals surface area contributed by atoms with Crippen LogP contribution < -0.4 is 11.1 Å². The summed E-state index contributed by atoms with van der Waals surface area (Å²) in [6, 6.07) is 10.1. The normalized spacial score (nSPS) is 17.6. The van der Waals surface area contributed by atoms with Gasteiger partial charge in [-0.15, -0.1) is 0 Å². The van der Waals surface area contributed by atoms with Gasteiger partial charge < -0.3 is 11.1 Å². The number of halogens is 3. The number of alkyl halides is 3. The van der Waals surface area contributed by atoms with E-state index < -0.39 is 23.8 Å². The van der Waals surface area contributed by atoms with E-state index in [9.17, 15) is 18.0 Å². The lowest BCUT2D eigenvalue weighted by Crippen LogP contribution is -2.33. The lowest BCUT2D eigenvalue weighted by atomic mass is 9.97. The summed E-state index contributed by atoms with van der Waals surface area (Å²) in [5.41, 5.74) is 7.28. The van der Waals surface area contributed by atoms with Gasteiger partial charge in [0.15, 0.2) is 6.17 Å². The molecule has 0 aliphatic carbocycles. The van der Waals surface area contributed by atoms with E-state index in [1.54, 1.807) is 25.1 Å². The van der Waals surface area contributed by atoms with E-state index in [0.29, 0.717) is 11.3 Å². The lowest BCUT2D eigenvalue weighted by molar-refractivity contribution is -0.137. The first-order valence-electron chi connectivity index (χ1n) is 7.19. The van der Waals surface area contributed by atoms with Crippen molar-refractivity contribution >= 4 is 17.3 Å². The summed E-state index contributed by atoms with van der Waals surface area (Å²) in [4.78, 5) is 16.2. The Kier molecular flexibility index (Phi) is 3.88. The zero-order valence-electron chi connectivity index (χ0n) is 12.7. The predicted molar refractivity (Wildman–Crippen MR) is 84.9 cm³/mol. The number of hydrogen-bond acceptors (Lipinski definition) is 3. The number of amides is 1. The first kappa shape index (κ1) is 16.2. The SMILES string of the molecule is Cc1cccc2c1NC(=O)[C@@H](N)N=C2c1cccc(C(F)(F)F)c1. The van der Waals surface area contributed by atoms with Gasteiger partial charge in [-0.3, -0.25) is 9.79 Å². The van der Waals surface area contributed by atoms with Crippen LogP contribution in [0.4, 0.5) is 18.9 Å². The summed E-state index contributed by atoms with van der Waals surface area (Å²) in [6.45, 7) is 1.79. The highest BCUT2D eigenvalue weighted by Crippen LogP contribution is 2.32. The largest absolute Gasteiger partial charge is 0.416 e. The number of anilines is 1. The molecule has 2 aromatic carbocycles. The van der Waals surface area contributed by atoms with Crippen molar-refractivity contribution in [2.75, 3.05) is 5.32 Å². The number of rotatable bonds is 1. The third kappa shape index (κ3) is 2.90. The average molecular weight is 333 g/mol. The number of benzodiazepines with no additional fused rings is 1. The standard InChI is InChI=1S/C17H14F3N3O/c1-9-4-2-7-12-13(9)23-16(24)15(21)22-14(12)10-5-3-6-11(8-10)17(18,19)20/h2-8,15H,21H2,1H3,(H,23,24)/t15-/m0/s1. The smallest absolute Gasteiger partial charge is 0.322 e. The Morgan fingerprint density at radius 3 is 2.58 bits per heavy atom. The van der Waals surface area contributed by atoms with Crippen LogP contribution in [-0.4, -0.2) is 17.8 Å². The molecule has 7 heteroatoms. The first-order valence-corrected chi connectivity index (χ1v) is 7.19. The van der Waals surface area contributed by atoms with Crippen LogP contribution in [0, 0.1) is 6.92 Å². The minimum Gasteiger partial charge on any atom is -0.322 e. The topological polar surface area (TPSA) is 67.5 Å². The molecule has 124 valence electrons. The molecule has 0 radical (unpaired) electrons. The third-order valence-corrected chi connectivity index (χ3v) is 3.78. The van der Waals surface area contributed by atoms with Gasteiger partial charge in [0.25, 0.3) is 5.91 Å². The lowest BCUT2D eigenvalue weighted by Gasteiger charge is -2.13. The van der Waals surface area contributed by atoms with Gasteiger partial charge in [0.1, 0.15) is 0 Å². The van der Waals surface area contributed by atoms with Crippen molar-refractivity contribution in [3.8, 4) is 0 Å². The van der Waals surface area contributed by atoms with E-state index in [2.05, 4.69) is 10.3 Å². The van der Waals surface area contributed by atoms with E-state index in [-0.39, 0.29) is 11.3 Å². The number of carbonyl (C=O) groups is 1. The Morgan fingerprint density at radius 1 is 1.17 bits per heavy atom. The number of carbonyl (C=O) groups excluding carboxylic acids is 1. The van der Waals surface area contributed by atoms with Crippen LogP contribution >= 0.6 is 0 Å². The van der Waals surface area contributed by atoms with Crippen LogP contribution in [0.1, 0.15) is 22.3 Å². The average Bonchev–Trinajstić information content (AvgIpc) is 2.65. The van der Waals surface area contributed by atoms with E-state index in [1.165, 1.54) is 12.1 Å². The van der Waals surface area contributed by atoms with Gasteiger partial charge in [-0.1, -0.05) is 30.3 Å². The Morgan fingerprint density at radius 2 is 1.88 bits per heavy atom. The van der Waals surface area contributed by atoms with Crippen molar-refractivity contribution in [1.82, 2.24) is 0 Å². The predicted octanol–water partition coefficient (Wildman–Crippen LogP) is 3.09. The molecular weight excluding hydrogens is 319 g/mol. The molecule has 2 aromatic rings. The Balaban J connectivity index is 2.22. The molecule has 0 aromatic heterocycles. The summed E-state index contributed by atoms with van der Waals surface area (Å²) in [7, 11) is 0. The number of nitrogens with two attached hydrogens (primary N) is 1. The summed E-state index contributed by atoms with van der Waals surface area (Å²) < 4.78 is 38.9. The second-order valence-corrected chi connectivity index (χ2v) is 5.49. The second kappa shape index (κ2) is 5.76. The quantitative estimate of drug-likeness (QED) is 0.842. The number of fused-ring (bicyclic) bond motifs is 1. The van der Waals surface area contributed by atoms with Crippen LogP contribution in [0.2, 0.25) is 0 Å². The molecule has 1 aliphatic heterocycles. The summed E-state index contributed by atoms with van der Waals surface area (Å²) in [5, 5.41) is 2.68. The number of aryl methyl sites for hydroxylation is 1. The zero-order chi connectivity index (χ0) is 17.5. The van der Waals surface area contributed by atoms with Crippen LogP contribution in [0.5, 0.6) is 0 Å². The Bertz CT molecular complexity index is 843. The molecule has 0 saturated heterocycles. The number of para-hydroxylation sites is 1. The van der Waals surface area contributed by atoms with Gasteiger partial charge in [0.05, 0.1) is 17.0 Å². The number of nitrogens with one attached hydrogen (secondary N) is 1. The van der Waals surface area contributed by atoms with Crippen molar-refractivity contribution in [2.24, 2.45) is 10.7 Å². The molecule has 0 spiro atoms. The molecule has 0 bridgehead atoms. The molecule has 1 heterocycles. The fraction of sp³-hybridized carbons (Fsp3) is 0.176. The minimum absolute atomic E-state index is 0.253. The molecule has 0 saturated carbocycles. The minimum atomic E-state index is -4.47. The molecule has 0 unspecified atom stereocenters. The Labute approximate surface area is 136 Å². The number of nitrogens with zero attached hydrogens (tertiary/aromatic N) is 1. The molecule has 3 N–H and O–H groups in total. The van der Waals surface area contributed by atoms with Crippen LogP contribution in [0.15, 0.2) is 47.5 Å². The second-order valence-electron chi connectivity index (χ2n) is 5.49. The molecule has 1 atom stereocenters. The fourth-order valence-electron chi connectivity index (χ4n) is 2.57. The van der Waals surface area contributed by atoms with Gasteiger partial charge in [-0.25, -0.2) is 0 Å². The maximum atomic E-state index is 13.0. The summed E-state index contributed by atoms with van der Waals surface area (Å²) >= 11 is 0. The van der Waals surface area contributed by atoms with Gasteiger partial charge in [0.2, 0.25) is 0 Å². The van der Waals surface area contributed by atoms with Crippen LogP contribution in [-0.2, 0) is 11.0 Å². The van der Waals surface area contributed by atoms with Gasteiger partial charge in [-0.05, 0) is 24.6 Å². The van der Waals surface area contributed by atoms with Gasteiger partial charge in [-0.2, -0.15) is 13.2 Å². The monoisotopic (exact) mass is 333 g/mol. The van der Waals surface area contributed by atoms with Crippen LogP contribution in [0.25, 0.3) is 0 Å². The van der Waals surface area contributed by atoms with E-state index in [0.717, 1.165) is 17.7 Å². The van der Waals surface area contributed by atoms with Crippen molar-refractivity contribution in [3.63, 3.8) is 0 Å². The molecule has 0 fully saturated rings. The maximum absolute atomic E-state index is 13.0. The summed E-state index contributed by atoms with van der Waals surface area (Å²) in [6.07, 6.45) is -5.66. The highest BCUT2D eigenvalue weighted by molar-refractivity contribution is 6.20. The van der Waals surface area contributed by atoms with E-state index in [4.69, 9.17) is 5.73 Å². The van der Waals surface area contributed by atoms with Crippen molar-refractivity contribution < 1.29 is 18.0 Å². The summed E-state index contributed by atoms with van der Waals surface area (Å²) in [5.74, 6) is -0.507. The van der Waals surface area contributed by atoms with Gasteiger partial charge >= 0.3 is 6.18 Å². The van der Waals surface area contributed by atoms with Crippen molar-refractivity contribution in [1.29, 1.82) is 0 Å². The maximum Gasteiger partial charge on any atom is 0.416 e. The van der Waals surface area contributed by atoms with E-state index >= 15 is 0 Å². The molecule has 1 amide bonds. The zero-order valence-corrected chi connectivity index (χ0v) is 12.7. The molecular formula is C17H14F3N3O. The molecule has 3 rings (SSSR count). The Hall–Kier alpha value is -2.67. The van der Waals surface area contributed by atoms with E-state index in [1.807, 2.05) is 0 Å². The highest BCUT2D eigenvalue weighted by atomic mass is 19.4. The number of benzene rings is 2. The van der Waals surface area contributed by atoms with Crippen molar-refractivity contribution in [2.45, 2.75) is 19.3 Å². The molecule has 1 aliphatic rings. The number of hydrogen-bond donors (Lipinski definition) is 2. The first-order chi connectivity index (χ1) is 11.3. The molecule has 24 heavy (non-hydrogen) atoms. The number of aliphatic imine (C=N–C) groups is 1.